The number of aliphatic hydroxyl groups is 1. The van der Waals surface area contributed by atoms with Gasteiger partial charge in [0.25, 0.3) is 0 Å². The van der Waals surface area contributed by atoms with Gasteiger partial charge in [-0.15, -0.1) is 11.3 Å². The van der Waals surface area contributed by atoms with Crippen molar-refractivity contribution in [1.29, 1.82) is 0 Å². The van der Waals surface area contributed by atoms with E-state index in [0.29, 0.717) is 22.1 Å². The Morgan fingerprint density at radius 2 is 2.20 bits per heavy atom. The number of thiazole rings is 1. The Hall–Kier alpha value is -1.08. The Morgan fingerprint density at radius 1 is 1.45 bits per heavy atom. The van der Waals surface area contributed by atoms with Crippen LogP contribution in [0.15, 0.2) is 12.5 Å². The molecule has 1 fully saturated rings. The summed E-state index contributed by atoms with van der Waals surface area (Å²) in [5, 5.41) is 10.4. The summed E-state index contributed by atoms with van der Waals surface area (Å²) in [5.41, 5.74) is -0.0471. The van der Waals surface area contributed by atoms with Gasteiger partial charge in [-0.1, -0.05) is 13.3 Å². The van der Waals surface area contributed by atoms with E-state index in [1.165, 1.54) is 16.9 Å². The highest BCUT2D eigenvalue weighted by molar-refractivity contribution is 7.17. The number of hydrogen-bond donors (Lipinski definition) is 1. The Balaban J connectivity index is 2.06. The molecule has 0 saturated heterocycles. The second-order valence-corrected chi connectivity index (χ2v) is 6.57. The molecule has 7 heteroatoms. The maximum absolute atomic E-state index is 13.2. The molecule has 2 aromatic rings. The highest BCUT2D eigenvalue weighted by atomic mass is 32.1. The van der Waals surface area contributed by atoms with Crippen molar-refractivity contribution in [2.24, 2.45) is 11.8 Å². The third-order valence-electron chi connectivity index (χ3n) is 4.02. The molecule has 20 heavy (non-hydrogen) atoms. The number of alkyl halides is 3. The summed E-state index contributed by atoms with van der Waals surface area (Å²) < 4.78 is 40.8. The zero-order chi connectivity index (χ0) is 14.5. The number of hydrogen-bond acceptors (Lipinski definition) is 3. The first kappa shape index (κ1) is 13.9. The van der Waals surface area contributed by atoms with Crippen LogP contribution in [0.4, 0.5) is 13.2 Å². The van der Waals surface area contributed by atoms with Gasteiger partial charge < -0.3 is 5.11 Å². The van der Waals surface area contributed by atoms with E-state index < -0.39 is 17.2 Å². The summed E-state index contributed by atoms with van der Waals surface area (Å²) in [5.74, 6) is 0.354. The van der Waals surface area contributed by atoms with Crippen LogP contribution < -0.4 is 0 Å². The summed E-state index contributed by atoms with van der Waals surface area (Å²) in [6, 6.07) is 0. The second kappa shape index (κ2) is 4.73. The van der Waals surface area contributed by atoms with Gasteiger partial charge in [-0.3, -0.25) is 4.40 Å². The molecule has 3 nitrogen and oxygen atoms in total. The fraction of sp³-hybridized carbons (Fsp3) is 0.615. The van der Waals surface area contributed by atoms with Crippen LogP contribution in [0.3, 0.4) is 0 Å². The third-order valence-corrected chi connectivity index (χ3v) is 5.18. The van der Waals surface area contributed by atoms with Crippen LogP contribution in [0, 0.1) is 11.8 Å². The summed E-state index contributed by atoms with van der Waals surface area (Å²) in [4.78, 5) is 3.57. The molecule has 110 valence electrons. The number of aliphatic hydroxyl groups excluding tert-OH is 1. The first-order chi connectivity index (χ1) is 9.38. The lowest BCUT2D eigenvalue weighted by molar-refractivity contribution is -0.136. The quantitative estimate of drug-likeness (QED) is 0.914. The van der Waals surface area contributed by atoms with Gasteiger partial charge in [0.1, 0.15) is 16.0 Å². The minimum atomic E-state index is -4.44. The monoisotopic (exact) mass is 304 g/mol. The summed E-state index contributed by atoms with van der Waals surface area (Å²) in [7, 11) is 0. The lowest BCUT2D eigenvalue weighted by Crippen LogP contribution is -2.17. The molecule has 3 atom stereocenters. The molecule has 0 radical (unpaired) electrons. The summed E-state index contributed by atoms with van der Waals surface area (Å²) in [6.07, 6.45) is -0.286. The number of halogens is 3. The smallest absolute Gasteiger partial charge is 0.387 e. The van der Waals surface area contributed by atoms with Crippen molar-refractivity contribution in [3.05, 3.63) is 23.1 Å². The molecule has 0 spiro atoms. The highest BCUT2D eigenvalue weighted by Gasteiger charge is 2.41. The molecule has 3 rings (SSSR count). The molecule has 0 amide bonds. The van der Waals surface area contributed by atoms with Gasteiger partial charge in [-0.25, -0.2) is 4.98 Å². The average molecular weight is 304 g/mol. The number of nitrogens with zero attached hydrogens (tertiary/aromatic N) is 2. The SMILES string of the molecule is CC1CCC(C(O)c2c(C(F)(F)F)sc3cncn23)C1. The molecule has 1 aliphatic carbocycles. The fourth-order valence-electron chi connectivity index (χ4n) is 3.05. The van der Waals surface area contributed by atoms with Crippen molar-refractivity contribution in [1.82, 2.24) is 9.38 Å². The molecule has 2 aromatic heterocycles. The molecular formula is C13H15F3N2OS. The van der Waals surface area contributed by atoms with Gasteiger partial charge in [0.05, 0.1) is 18.0 Å². The first-order valence-electron chi connectivity index (χ1n) is 6.58. The van der Waals surface area contributed by atoms with Gasteiger partial charge in [-0.2, -0.15) is 13.2 Å². The van der Waals surface area contributed by atoms with Crippen LogP contribution in [0.1, 0.15) is 42.9 Å². The van der Waals surface area contributed by atoms with E-state index in [9.17, 15) is 18.3 Å². The van der Waals surface area contributed by atoms with Gasteiger partial charge >= 0.3 is 6.18 Å². The summed E-state index contributed by atoms with van der Waals surface area (Å²) in [6.45, 7) is 2.07. The number of rotatable bonds is 2. The van der Waals surface area contributed by atoms with E-state index >= 15 is 0 Å². The average Bonchev–Trinajstić information content (AvgIpc) is 2.99. The fourth-order valence-corrected chi connectivity index (χ4v) is 4.05. The number of aromatic nitrogens is 2. The molecular weight excluding hydrogens is 289 g/mol. The van der Waals surface area contributed by atoms with E-state index in [4.69, 9.17) is 0 Å². The standard InChI is InChI=1S/C13H15F3N2OS/c1-7-2-3-8(4-7)11(19)10-12(13(14,15)16)20-9-5-17-6-18(9)10/h5-8,11,19H,2-4H2,1H3. The van der Waals surface area contributed by atoms with E-state index in [-0.39, 0.29) is 11.6 Å². The Morgan fingerprint density at radius 3 is 2.80 bits per heavy atom. The normalized spacial score (nSPS) is 25.4. The van der Waals surface area contributed by atoms with E-state index in [2.05, 4.69) is 11.9 Å². The van der Waals surface area contributed by atoms with E-state index in [1.54, 1.807) is 0 Å². The lowest BCUT2D eigenvalue weighted by Gasteiger charge is -2.20. The van der Waals surface area contributed by atoms with Crippen molar-refractivity contribution in [3.63, 3.8) is 0 Å². The van der Waals surface area contributed by atoms with Crippen molar-refractivity contribution >= 4 is 16.2 Å². The van der Waals surface area contributed by atoms with Crippen molar-refractivity contribution in [3.8, 4) is 0 Å². The molecule has 3 unspecified atom stereocenters. The van der Waals surface area contributed by atoms with Crippen LogP contribution in [0.5, 0.6) is 0 Å². The third kappa shape index (κ3) is 2.22. The minimum absolute atomic E-state index is 0.0471. The van der Waals surface area contributed by atoms with Gasteiger partial charge in [-0.05, 0) is 24.7 Å². The lowest BCUT2D eigenvalue weighted by atomic mass is 9.96. The van der Waals surface area contributed by atoms with Crippen molar-refractivity contribution in [2.75, 3.05) is 0 Å². The topological polar surface area (TPSA) is 37.5 Å². The van der Waals surface area contributed by atoms with Crippen LogP contribution in [0.25, 0.3) is 4.83 Å². The van der Waals surface area contributed by atoms with Crippen LogP contribution in [-0.2, 0) is 6.18 Å². The maximum atomic E-state index is 13.2. The molecule has 1 saturated carbocycles. The van der Waals surface area contributed by atoms with Crippen LogP contribution in [-0.4, -0.2) is 14.5 Å². The predicted octanol–water partition coefficient (Wildman–Crippen LogP) is 3.88. The first-order valence-corrected chi connectivity index (χ1v) is 7.39. The maximum Gasteiger partial charge on any atom is 0.427 e. The molecule has 1 aliphatic rings. The second-order valence-electron chi connectivity index (χ2n) is 5.54. The van der Waals surface area contributed by atoms with E-state index in [0.717, 1.165) is 19.3 Å². The number of fused-ring (bicyclic) bond motifs is 1. The van der Waals surface area contributed by atoms with E-state index in [1.807, 2.05) is 0 Å². The van der Waals surface area contributed by atoms with Gasteiger partial charge in [0.2, 0.25) is 0 Å². The molecule has 0 aliphatic heterocycles. The van der Waals surface area contributed by atoms with Crippen molar-refractivity contribution in [2.45, 2.75) is 38.5 Å². The van der Waals surface area contributed by atoms with Crippen molar-refractivity contribution < 1.29 is 18.3 Å². The zero-order valence-corrected chi connectivity index (χ0v) is 11.7. The minimum Gasteiger partial charge on any atom is -0.387 e. The zero-order valence-electron chi connectivity index (χ0n) is 10.9. The largest absolute Gasteiger partial charge is 0.427 e. The molecule has 2 heterocycles. The Labute approximate surface area is 118 Å². The molecule has 0 bridgehead atoms. The van der Waals surface area contributed by atoms with Gasteiger partial charge in [0.15, 0.2) is 0 Å². The highest BCUT2D eigenvalue weighted by Crippen LogP contribution is 2.45. The summed E-state index contributed by atoms with van der Waals surface area (Å²) >= 11 is 0.641. The molecule has 1 N–H and O–H groups in total. The predicted molar refractivity (Wildman–Crippen MR) is 69.5 cm³/mol. The number of imidazole rings is 1. The van der Waals surface area contributed by atoms with Crippen LogP contribution in [0.2, 0.25) is 0 Å². The Kier molecular flexibility index (Phi) is 3.29. The Bertz CT molecular complexity index is 619. The van der Waals surface area contributed by atoms with Gasteiger partial charge in [0, 0.05) is 0 Å². The molecule has 0 aromatic carbocycles. The van der Waals surface area contributed by atoms with Crippen LogP contribution >= 0.6 is 11.3 Å².